The van der Waals surface area contributed by atoms with Crippen LogP contribution in [-0.2, 0) is 0 Å². The molecular weight excluding hydrogens is 110 g/mol. The molecule has 56 valence electrons. The molecule has 0 unspecified atom stereocenters. The Morgan fingerprint density at radius 2 is 2.22 bits per heavy atom. The Kier molecular flexibility index (Phi) is 3.87. The van der Waals surface area contributed by atoms with Crippen LogP contribution in [0, 0.1) is 0 Å². The van der Waals surface area contributed by atoms with Crippen LogP contribution >= 0.6 is 0 Å². The van der Waals surface area contributed by atoms with Crippen LogP contribution in [0.15, 0.2) is 0 Å². The lowest BCUT2D eigenvalue weighted by Crippen LogP contribution is -2.23. The lowest BCUT2D eigenvalue weighted by molar-refractivity contribution is 0.304. The fourth-order valence-corrected chi connectivity index (χ4v) is 1.50. The molecule has 0 aromatic rings. The fourth-order valence-electron chi connectivity index (χ4n) is 1.50. The molecule has 1 nitrogen and oxygen atoms in total. The average Bonchev–Trinajstić information content (AvgIpc) is 2.14. The van der Waals surface area contributed by atoms with Crippen LogP contribution in [0.4, 0.5) is 0 Å². The summed E-state index contributed by atoms with van der Waals surface area (Å²) in [5.41, 5.74) is 0. The van der Waals surface area contributed by atoms with Crippen LogP contribution in [-0.4, -0.2) is 24.5 Å². The largest absolute Gasteiger partial charge is 0.303 e. The van der Waals surface area contributed by atoms with Gasteiger partial charge in [0.2, 0.25) is 0 Å². The quantitative estimate of drug-likeness (QED) is 0.524. The Bertz CT molecular complexity index is 71.0. The van der Waals surface area contributed by atoms with Crippen LogP contribution < -0.4 is 0 Å². The highest BCUT2D eigenvalue weighted by Crippen LogP contribution is 2.16. The predicted octanol–water partition coefficient (Wildman–Crippen LogP) is 2.13. The molecule has 0 spiro atoms. The minimum Gasteiger partial charge on any atom is -0.303 e. The summed E-state index contributed by atoms with van der Waals surface area (Å²) in [5, 5.41) is 0. The van der Waals surface area contributed by atoms with Gasteiger partial charge in [-0.2, -0.15) is 0 Å². The smallest absolute Gasteiger partial charge is 0.00900 e. The number of nitrogens with zero attached hydrogens (tertiary/aromatic N) is 1. The lowest BCUT2D eigenvalue weighted by Gasteiger charge is -2.16. The van der Waals surface area contributed by atoms with E-state index in [1.807, 2.05) is 0 Å². The second kappa shape index (κ2) is 3.89. The molecule has 0 N–H and O–H groups in total. The molecule has 0 aliphatic carbocycles. The van der Waals surface area contributed by atoms with E-state index >= 15 is 0 Å². The SMILES string of the molecule is C.CC[C@@H]1CCCN1C. The molecular formula is C8H19N. The molecule has 0 aromatic heterocycles. The van der Waals surface area contributed by atoms with Crippen molar-refractivity contribution in [3.8, 4) is 0 Å². The Hall–Kier alpha value is -0.0400. The third-order valence-corrected chi connectivity index (χ3v) is 2.14. The zero-order valence-electron chi connectivity index (χ0n) is 5.85. The minimum atomic E-state index is 0. The fraction of sp³-hybridized carbons (Fsp3) is 1.00. The van der Waals surface area contributed by atoms with Gasteiger partial charge in [0.15, 0.2) is 0 Å². The van der Waals surface area contributed by atoms with Crippen LogP contribution in [0.2, 0.25) is 0 Å². The van der Waals surface area contributed by atoms with Crippen LogP contribution in [0.25, 0.3) is 0 Å². The maximum Gasteiger partial charge on any atom is 0.00900 e. The van der Waals surface area contributed by atoms with Crippen molar-refractivity contribution in [3.63, 3.8) is 0 Å². The van der Waals surface area contributed by atoms with Gasteiger partial charge in [0, 0.05) is 6.04 Å². The van der Waals surface area contributed by atoms with E-state index in [0.29, 0.717) is 0 Å². The van der Waals surface area contributed by atoms with Crippen molar-refractivity contribution in [1.29, 1.82) is 0 Å². The van der Waals surface area contributed by atoms with Gasteiger partial charge in [0.1, 0.15) is 0 Å². The van der Waals surface area contributed by atoms with E-state index in [4.69, 9.17) is 0 Å². The van der Waals surface area contributed by atoms with E-state index < -0.39 is 0 Å². The van der Waals surface area contributed by atoms with Crippen molar-refractivity contribution in [2.24, 2.45) is 0 Å². The summed E-state index contributed by atoms with van der Waals surface area (Å²) in [5.74, 6) is 0. The van der Waals surface area contributed by atoms with Gasteiger partial charge in [-0.05, 0) is 32.9 Å². The van der Waals surface area contributed by atoms with E-state index in [-0.39, 0.29) is 7.43 Å². The van der Waals surface area contributed by atoms with E-state index in [1.54, 1.807) is 0 Å². The molecule has 1 heterocycles. The topological polar surface area (TPSA) is 3.24 Å². The highest BCUT2D eigenvalue weighted by molar-refractivity contribution is 4.73. The highest BCUT2D eigenvalue weighted by Gasteiger charge is 2.17. The Morgan fingerprint density at radius 3 is 2.44 bits per heavy atom. The molecule has 1 fully saturated rings. The van der Waals surface area contributed by atoms with Crippen molar-refractivity contribution >= 4 is 0 Å². The van der Waals surface area contributed by atoms with E-state index in [1.165, 1.54) is 25.8 Å². The van der Waals surface area contributed by atoms with Crippen molar-refractivity contribution in [3.05, 3.63) is 0 Å². The van der Waals surface area contributed by atoms with Crippen molar-refractivity contribution < 1.29 is 0 Å². The predicted molar refractivity (Wildman–Crippen MR) is 42.7 cm³/mol. The molecule has 0 saturated carbocycles. The van der Waals surface area contributed by atoms with Gasteiger partial charge >= 0.3 is 0 Å². The lowest BCUT2D eigenvalue weighted by atomic mass is 10.2. The highest BCUT2D eigenvalue weighted by atomic mass is 15.1. The molecule has 0 aromatic carbocycles. The molecule has 1 atom stereocenters. The summed E-state index contributed by atoms with van der Waals surface area (Å²) < 4.78 is 0. The molecule has 1 aliphatic rings. The van der Waals surface area contributed by atoms with E-state index in [2.05, 4.69) is 18.9 Å². The zero-order valence-corrected chi connectivity index (χ0v) is 5.85. The second-order valence-electron chi connectivity index (χ2n) is 2.68. The van der Waals surface area contributed by atoms with Crippen molar-refractivity contribution in [1.82, 2.24) is 4.90 Å². The van der Waals surface area contributed by atoms with Gasteiger partial charge in [-0.25, -0.2) is 0 Å². The minimum absolute atomic E-state index is 0. The summed E-state index contributed by atoms with van der Waals surface area (Å²) in [6.07, 6.45) is 4.17. The van der Waals surface area contributed by atoms with E-state index in [0.717, 1.165) is 6.04 Å². The van der Waals surface area contributed by atoms with Gasteiger partial charge in [0.25, 0.3) is 0 Å². The molecule has 0 bridgehead atoms. The summed E-state index contributed by atoms with van der Waals surface area (Å²) >= 11 is 0. The van der Waals surface area contributed by atoms with Crippen molar-refractivity contribution in [2.75, 3.05) is 13.6 Å². The Labute approximate surface area is 59.1 Å². The molecule has 9 heavy (non-hydrogen) atoms. The van der Waals surface area contributed by atoms with Crippen LogP contribution in [0.3, 0.4) is 0 Å². The molecule has 1 aliphatic heterocycles. The Morgan fingerprint density at radius 1 is 1.56 bits per heavy atom. The number of rotatable bonds is 1. The number of likely N-dealkylation sites (tertiary alicyclic amines) is 1. The monoisotopic (exact) mass is 129 g/mol. The standard InChI is InChI=1S/C7H15N.CH4/c1-3-7-5-4-6-8(7)2;/h7H,3-6H2,1-2H3;1H4/t7-;/m1./s1. The first-order valence-electron chi connectivity index (χ1n) is 3.55. The zero-order chi connectivity index (χ0) is 5.98. The van der Waals surface area contributed by atoms with Crippen molar-refractivity contribution in [2.45, 2.75) is 39.7 Å². The summed E-state index contributed by atoms with van der Waals surface area (Å²) in [4.78, 5) is 2.46. The first kappa shape index (κ1) is 8.96. The van der Waals surface area contributed by atoms with Crippen LogP contribution in [0.1, 0.15) is 33.6 Å². The normalized spacial score (nSPS) is 28.0. The molecule has 1 rings (SSSR count). The van der Waals surface area contributed by atoms with Gasteiger partial charge in [-0.3, -0.25) is 0 Å². The van der Waals surface area contributed by atoms with Gasteiger partial charge in [-0.15, -0.1) is 0 Å². The average molecular weight is 129 g/mol. The van der Waals surface area contributed by atoms with Gasteiger partial charge in [-0.1, -0.05) is 14.4 Å². The summed E-state index contributed by atoms with van der Waals surface area (Å²) in [7, 11) is 2.22. The summed E-state index contributed by atoms with van der Waals surface area (Å²) in [6.45, 7) is 3.59. The van der Waals surface area contributed by atoms with Crippen LogP contribution in [0.5, 0.6) is 0 Å². The number of hydrogen-bond donors (Lipinski definition) is 0. The van der Waals surface area contributed by atoms with E-state index in [9.17, 15) is 0 Å². The molecule has 0 radical (unpaired) electrons. The second-order valence-corrected chi connectivity index (χ2v) is 2.68. The molecule has 1 heteroatoms. The maximum atomic E-state index is 2.46. The first-order valence-corrected chi connectivity index (χ1v) is 3.55. The molecule has 1 saturated heterocycles. The number of hydrogen-bond acceptors (Lipinski definition) is 1. The van der Waals surface area contributed by atoms with Gasteiger partial charge in [0.05, 0.1) is 0 Å². The third-order valence-electron chi connectivity index (χ3n) is 2.14. The summed E-state index contributed by atoms with van der Waals surface area (Å²) in [6, 6.07) is 0.898. The van der Waals surface area contributed by atoms with Gasteiger partial charge < -0.3 is 4.90 Å². The first-order chi connectivity index (χ1) is 3.84. The Balaban J connectivity index is 0.000000640. The third kappa shape index (κ3) is 1.98. The molecule has 0 amide bonds. The maximum absolute atomic E-state index is 2.46.